The van der Waals surface area contributed by atoms with Crippen molar-refractivity contribution in [2.75, 3.05) is 0 Å². The van der Waals surface area contributed by atoms with E-state index in [2.05, 4.69) is 16.0 Å². The molecule has 0 fully saturated rings. The van der Waals surface area contributed by atoms with E-state index in [9.17, 15) is 9.50 Å². The van der Waals surface area contributed by atoms with E-state index in [1.54, 1.807) is 0 Å². The van der Waals surface area contributed by atoms with Crippen LogP contribution in [0.5, 0.6) is 5.75 Å². The van der Waals surface area contributed by atoms with Crippen molar-refractivity contribution in [2.45, 2.75) is 13.8 Å². The Morgan fingerprint density at radius 1 is 1.16 bits per heavy atom. The minimum absolute atomic E-state index is 0.117. The number of nitrogens with one attached hydrogen (secondary N) is 1. The maximum atomic E-state index is 13.0. The summed E-state index contributed by atoms with van der Waals surface area (Å²) in [5, 5.41) is 9.79. The highest BCUT2D eigenvalue weighted by atomic mass is 19.1. The molecule has 1 aromatic heterocycles. The van der Waals surface area contributed by atoms with Gasteiger partial charge in [-0.25, -0.2) is 9.37 Å². The van der Waals surface area contributed by atoms with Crippen LogP contribution in [0.15, 0.2) is 30.3 Å². The summed E-state index contributed by atoms with van der Waals surface area (Å²) in [5.41, 5.74) is 4.48. The van der Waals surface area contributed by atoms with Crippen LogP contribution in [-0.4, -0.2) is 15.1 Å². The quantitative estimate of drug-likeness (QED) is 0.697. The highest BCUT2D eigenvalue weighted by Gasteiger charge is 2.11. The Balaban J connectivity index is 2.23. The lowest BCUT2D eigenvalue weighted by atomic mass is 10.1. The molecule has 0 unspecified atom stereocenters. The molecule has 0 aliphatic carbocycles. The van der Waals surface area contributed by atoms with Crippen molar-refractivity contribution in [3.05, 3.63) is 47.3 Å². The molecule has 3 aromatic rings. The molecule has 0 saturated carbocycles. The lowest BCUT2D eigenvalue weighted by Gasteiger charge is -2.00. The SMILES string of the molecule is Cc1cc(C)c2nc(-c3ccc(F)cc3O)[nH]c2c1. The van der Waals surface area contributed by atoms with Gasteiger partial charge < -0.3 is 10.1 Å². The van der Waals surface area contributed by atoms with Gasteiger partial charge in [0.25, 0.3) is 0 Å². The van der Waals surface area contributed by atoms with Crippen molar-refractivity contribution in [3.8, 4) is 17.1 Å². The van der Waals surface area contributed by atoms with Crippen LogP contribution in [0.1, 0.15) is 11.1 Å². The first kappa shape index (κ1) is 11.7. The number of phenols is 1. The summed E-state index contributed by atoms with van der Waals surface area (Å²) in [5.74, 6) is -0.0426. The number of phenolic OH excluding ortho intramolecular Hbond substituents is 1. The van der Waals surface area contributed by atoms with Crippen molar-refractivity contribution in [3.63, 3.8) is 0 Å². The smallest absolute Gasteiger partial charge is 0.142 e. The van der Waals surface area contributed by atoms with E-state index in [-0.39, 0.29) is 5.75 Å². The van der Waals surface area contributed by atoms with Gasteiger partial charge >= 0.3 is 0 Å². The number of H-pyrrole nitrogens is 1. The van der Waals surface area contributed by atoms with Gasteiger partial charge in [-0.3, -0.25) is 0 Å². The van der Waals surface area contributed by atoms with Crippen molar-refractivity contribution < 1.29 is 9.50 Å². The van der Waals surface area contributed by atoms with E-state index < -0.39 is 5.82 Å². The topological polar surface area (TPSA) is 48.9 Å². The van der Waals surface area contributed by atoms with Crippen molar-refractivity contribution >= 4 is 11.0 Å². The number of benzene rings is 2. The van der Waals surface area contributed by atoms with Gasteiger partial charge in [0.2, 0.25) is 0 Å². The van der Waals surface area contributed by atoms with Crippen LogP contribution in [0.2, 0.25) is 0 Å². The Bertz CT molecular complexity index is 777. The molecule has 96 valence electrons. The standard InChI is InChI=1S/C15H13FN2O/c1-8-5-9(2)14-12(6-8)17-15(18-14)11-4-3-10(16)7-13(11)19/h3-7,19H,1-2H3,(H,17,18). The number of imidazole rings is 1. The Hall–Kier alpha value is -2.36. The second kappa shape index (κ2) is 4.09. The van der Waals surface area contributed by atoms with Crippen LogP contribution in [-0.2, 0) is 0 Å². The average molecular weight is 256 g/mol. The third-order valence-corrected chi connectivity index (χ3v) is 3.14. The molecule has 3 rings (SSSR count). The molecule has 1 heterocycles. The number of aromatic amines is 1. The fourth-order valence-electron chi connectivity index (χ4n) is 2.30. The number of aromatic nitrogens is 2. The minimum atomic E-state index is -0.468. The summed E-state index contributed by atoms with van der Waals surface area (Å²) in [7, 11) is 0. The Morgan fingerprint density at radius 2 is 1.95 bits per heavy atom. The molecule has 0 aliphatic rings. The first-order valence-corrected chi connectivity index (χ1v) is 6.00. The van der Waals surface area contributed by atoms with Gasteiger partial charge in [-0.2, -0.15) is 0 Å². The summed E-state index contributed by atoms with van der Waals surface area (Å²) in [4.78, 5) is 7.64. The Labute approximate surface area is 109 Å². The van der Waals surface area contributed by atoms with Crippen LogP contribution in [0.3, 0.4) is 0 Å². The monoisotopic (exact) mass is 256 g/mol. The molecule has 4 heteroatoms. The van der Waals surface area contributed by atoms with Crippen LogP contribution in [0.4, 0.5) is 4.39 Å². The fraction of sp³-hybridized carbons (Fsp3) is 0.133. The van der Waals surface area contributed by atoms with E-state index in [1.165, 1.54) is 12.1 Å². The number of aromatic hydroxyl groups is 1. The molecule has 2 aromatic carbocycles. The Morgan fingerprint density at radius 3 is 2.68 bits per heavy atom. The lowest BCUT2D eigenvalue weighted by molar-refractivity contribution is 0.471. The number of hydrogen-bond acceptors (Lipinski definition) is 2. The largest absolute Gasteiger partial charge is 0.507 e. The van der Waals surface area contributed by atoms with Crippen LogP contribution >= 0.6 is 0 Å². The molecule has 2 N–H and O–H groups in total. The summed E-state index contributed by atoms with van der Waals surface area (Å²) in [6.07, 6.45) is 0. The second-order valence-corrected chi connectivity index (χ2v) is 4.72. The van der Waals surface area contributed by atoms with Gasteiger partial charge in [0.15, 0.2) is 0 Å². The summed E-state index contributed by atoms with van der Waals surface area (Å²) in [6.45, 7) is 4.01. The predicted molar refractivity (Wildman–Crippen MR) is 72.6 cm³/mol. The molecule has 19 heavy (non-hydrogen) atoms. The number of nitrogens with zero attached hydrogens (tertiary/aromatic N) is 1. The lowest BCUT2D eigenvalue weighted by Crippen LogP contribution is -1.83. The third-order valence-electron chi connectivity index (χ3n) is 3.14. The molecular formula is C15H13FN2O. The van der Waals surface area contributed by atoms with E-state index in [1.807, 2.05) is 19.9 Å². The van der Waals surface area contributed by atoms with E-state index in [0.717, 1.165) is 28.2 Å². The molecule has 0 amide bonds. The van der Waals surface area contributed by atoms with Gasteiger partial charge in [0, 0.05) is 6.07 Å². The zero-order valence-corrected chi connectivity index (χ0v) is 10.7. The molecule has 3 nitrogen and oxygen atoms in total. The molecular weight excluding hydrogens is 243 g/mol. The predicted octanol–water partition coefficient (Wildman–Crippen LogP) is 3.69. The number of aryl methyl sites for hydroxylation is 2. The first-order valence-electron chi connectivity index (χ1n) is 6.00. The van der Waals surface area contributed by atoms with Crippen molar-refractivity contribution in [1.29, 1.82) is 0 Å². The fourth-order valence-corrected chi connectivity index (χ4v) is 2.30. The van der Waals surface area contributed by atoms with Gasteiger partial charge in [-0.1, -0.05) is 6.07 Å². The van der Waals surface area contributed by atoms with Crippen molar-refractivity contribution in [1.82, 2.24) is 9.97 Å². The minimum Gasteiger partial charge on any atom is -0.507 e. The normalized spacial score (nSPS) is 11.1. The van der Waals surface area contributed by atoms with E-state index >= 15 is 0 Å². The third kappa shape index (κ3) is 1.95. The number of hydrogen-bond donors (Lipinski definition) is 2. The molecule has 0 saturated heterocycles. The van der Waals surface area contributed by atoms with E-state index in [4.69, 9.17) is 0 Å². The van der Waals surface area contributed by atoms with Gasteiger partial charge in [-0.15, -0.1) is 0 Å². The zero-order chi connectivity index (χ0) is 13.6. The number of halogens is 1. The molecule has 0 atom stereocenters. The van der Waals surface area contributed by atoms with Crippen LogP contribution < -0.4 is 0 Å². The summed E-state index contributed by atoms with van der Waals surface area (Å²) >= 11 is 0. The Kier molecular flexibility index (Phi) is 2.52. The van der Waals surface area contributed by atoms with Crippen molar-refractivity contribution in [2.24, 2.45) is 0 Å². The molecule has 0 aliphatic heterocycles. The highest BCUT2D eigenvalue weighted by molar-refractivity contribution is 5.83. The first-order chi connectivity index (χ1) is 9.04. The molecule has 0 radical (unpaired) electrons. The molecule has 0 spiro atoms. The van der Waals surface area contributed by atoms with Gasteiger partial charge in [-0.05, 0) is 43.2 Å². The highest BCUT2D eigenvalue weighted by Crippen LogP contribution is 2.30. The maximum absolute atomic E-state index is 13.0. The summed E-state index contributed by atoms with van der Waals surface area (Å²) in [6, 6.07) is 7.96. The van der Waals surface area contributed by atoms with E-state index in [0.29, 0.717) is 11.4 Å². The second-order valence-electron chi connectivity index (χ2n) is 4.72. The van der Waals surface area contributed by atoms with Crippen LogP contribution in [0, 0.1) is 19.7 Å². The summed E-state index contributed by atoms with van der Waals surface area (Å²) < 4.78 is 13.0. The zero-order valence-electron chi connectivity index (χ0n) is 10.7. The number of fused-ring (bicyclic) bond motifs is 1. The maximum Gasteiger partial charge on any atom is 0.142 e. The van der Waals surface area contributed by atoms with Crippen LogP contribution in [0.25, 0.3) is 22.4 Å². The average Bonchev–Trinajstić information content (AvgIpc) is 2.72. The number of rotatable bonds is 1. The van der Waals surface area contributed by atoms with Gasteiger partial charge in [0.05, 0.1) is 16.6 Å². The molecule has 0 bridgehead atoms. The van der Waals surface area contributed by atoms with Gasteiger partial charge in [0.1, 0.15) is 17.4 Å².